The second kappa shape index (κ2) is 8.11. The van der Waals surface area contributed by atoms with Gasteiger partial charge in [-0.15, -0.1) is 0 Å². The first-order chi connectivity index (χ1) is 7.79. The summed E-state index contributed by atoms with van der Waals surface area (Å²) in [6, 6.07) is 0.791. The highest BCUT2D eigenvalue weighted by Crippen LogP contribution is 2.39. The lowest BCUT2D eigenvalue weighted by Gasteiger charge is -2.24. The maximum atomic E-state index is 3.69. The van der Waals surface area contributed by atoms with Crippen LogP contribution in [0, 0.1) is 11.8 Å². The summed E-state index contributed by atoms with van der Waals surface area (Å²) in [6.45, 7) is 8.12. The molecule has 0 aromatic carbocycles. The molecule has 0 radical (unpaired) electrons. The van der Waals surface area contributed by atoms with Crippen LogP contribution in [0.25, 0.3) is 0 Å². The Bertz CT molecular complexity index is 163. The summed E-state index contributed by atoms with van der Waals surface area (Å²) in [5.41, 5.74) is 0. The van der Waals surface area contributed by atoms with Gasteiger partial charge in [-0.1, -0.05) is 52.9 Å². The molecule has 96 valence electrons. The summed E-state index contributed by atoms with van der Waals surface area (Å²) in [7, 11) is 0. The van der Waals surface area contributed by atoms with Crippen molar-refractivity contribution in [3.63, 3.8) is 0 Å². The predicted molar refractivity (Wildman–Crippen MR) is 72.7 cm³/mol. The van der Waals surface area contributed by atoms with E-state index in [9.17, 15) is 0 Å². The van der Waals surface area contributed by atoms with Crippen molar-refractivity contribution >= 4 is 0 Å². The molecule has 2 atom stereocenters. The molecule has 0 spiro atoms. The predicted octanol–water partition coefficient (Wildman–Crippen LogP) is 4.37. The minimum atomic E-state index is 0.791. The number of nitrogens with one attached hydrogen (secondary N) is 1. The summed E-state index contributed by atoms with van der Waals surface area (Å²) in [5.74, 6) is 1.95. The second-order valence-corrected chi connectivity index (χ2v) is 5.56. The number of unbranched alkanes of at least 4 members (excludes halogenated alkanes) is 4. The van der Waals surface area contributed by atoms with Crippen LogP contribution in [0.15, 0.2) is 0 Å². The van der Waals surface area contributed by atoms with Crippen LogP contribution in [-0.2, 0) is 0 Å². The molecule has 0 aliphatic heterocycles. The highest BCUT2D eigenvalue weighted by molar-refractivity contribution is 4.86. The topological polar surface area (TPSA) is 12.0 Å². The van der Waals surface area contributed by atoms with Crippen LogP contribution in [0.3, 0.4) is 0 Å². The monoisotopic (exact) mass is 225 g/mol. The Hall–Kier alpha value is -0.0400. The Morgan fingerprint density at radius 1 is 1.06 bits per heavy atom. The maximum Gasteiger partial charge on any atom is 0.00952 e. The zero-order valence-corrected chi connectivity index (χ0v) is 11.6. The van der Waals surface area contributed by atoms with Crippen molar-refractivity contribution in [2.75, 3.05) is 6.54 Å². The van der Waals surface area contributed by atoms with E-state index in [2.05, 4.69) is 26.1 Å². The van der Waals surface area contributed by atoms with Gasteiger partial charge in [-0.05, 0) is 37.6 Å². The van der Waals surface area contributed by atoms with E-state index >= 15 is 0 Å². The Labute approximate surface area is 102 Å². The zero-order chi connectivity index (χ0) is 11.8. The molecule has 1 aliphatic carbocycles. The van der Waals surface area contributed by atoms with Gasteiger partial charge in [0.15, 0.2) is 0 Å². The Kier molecular flexibility index (Phi) is 7.11. The van der Waals surface area contributed by atoms with E-state index in [-0.39, 0.29) is 0 Å². The molecule has 1 N–H and O–H groups in total. The third kappa shape index (κ3) is 5.34. The SMILES string of the molecule is CCCCCCCC(NCC)C(C)C1CC1. The van der Waals surface area contributed by atoms with Gasteiger partial charge in [0, 0.05) is 6.04 Å². The molecular formula is C15H31N. The van der Waals surface area contributed by atoms with E-state index in [1.165, 1.54) is 51.4 Å². The van der Waals surface area contributed by atoms with Gasteiger partial charge in [0.25, 0.3) is 0 Å². The normalized spacial score (nSPS) is 19.7. The highest BCUT2D eigenvalue weighted by Gasteiger charge is 2.32. The van der Waals surface area contributed by atoms with E-state index in [1.54, 1.807) is 0 Å². The van der Waals surface area contributed by atoms with Gasteiger partial charge >= 0.3 is 0 Å². The Morgan fingerprint density at radius 2 is 1.75 bits per heavy atom. The van der Waals surface area contributed by atoms with Crippen molar-refractivity contribution in [2.45, 2.75) is 78.2 Å². The Morgan fingerprint density at radius 3 is 2.31 bits per heavy atom. The van der Waals surface area contributed by atoms with Gasteiger partial charge in [-0.3, -0.25) is 0 Å². The smallest absolute Gasteiger partial charge is 0.00952 e. The number of hydrogen-bond donors (Lipinski definition) is 1. The van der Waals surface area contributed by atoms with Crippen molar-refractivity contribution in [1.29, 1.82) is 0 Å². The van der Waals surface area contributed by atoms with Crippen molar-refractivity contribution in [3.05, 3.63) is 0 Å². The Balaban J connectivity index is 2.11. The molecular weight excluding hydrogens is 194 g/mol. The fraction of sp³-hybridized carbons (Fsp3) is 1.00. The van der Waals surface area contributed by atoms with Crippen molar-refractivity contribution < 1.29 is 0 Å². The maximum absolute atomic E-state index is 3.69. The van der Waals surface area contributed by atoms with Gasteiger partial charge in [0.2, 0.25) is 0 Å². The average Bonchev–Trinajstić information content (AvgIpc) is 3.10. The molecule has 16 heavy (non-hydrogen) atoms. The van der Waals surface area contributed by atoms with Gasteiger partial charge in [-0.2, -0.15) is 0 Å². The zero-order valence-electron chi connectivity index (χ0n) is 11.6. The quantitative estimate of drug-likeness (QED) is 0.544. The van der Waals surface area contributed by atoms with Crippen LogP contribution >= 0.6 is 0 Å². The van der Waals surface area contributed by atoms with Crippen molar-refractivity contribution in [3.8, 4) is 0 Å². The van der Waals surface area contributed by atoms with Gasteiger partial charge in [-0.25, -0.2) is 0 Å². The third-order valence-corrected chi connectivity index (χ3v) is 4.09. The first kappa shape index (κ1) is 14.0. The van der Waals surface area contributed by atoms with E-state index in [1.807, 2.05) is 0 Å². The van der Waals surface area contributed by atoms with Gasteiger partial charge in [0.1, 0.15) is 0 Å². The average molecular weight is 225 g/mol. The molecule has 0 heterocycles. The minimum Gasteiger partial charge on any atom is -0.314 e. The van der Waals surface area contributed by atoms with Crippen LogP contribution in [0.4, 0.5) is 0 Å². The second-order valence-electron chi connectivity index (χ2n) is 5.56. The summed E-state index contributed by atoms with van der Waals surface area (Å²) in [5, 5.41) is 3.69. The van der Waals surface area contributed by atoms with E-state index in [4.69, 9.17) is 0 Å². The van der Waals surface area contributed by atoms with Crippen LogP contribution in [0.2, 0.25) is 0 Å². The molecule has 0 saturated heterocycles. The van der Waals surface area contributed by atoms with E-state index in [0.717, 1.165) is 24.4 Å². The summed E-state index contributed by atoms with van der Waals surface area (Å²) in [4.78, 5) is 0. The van der Waals surface area contributed by atoms with E-state index in [0.29, 0.717) is 0 Å². The summed E-state index contributed by atoms with van der Waals surface area (Å²) >= 11 is 0. The lowest BCUT2D eigenvalue weighted by Crippen LogP contribution is -2.35. The van der Waals surface area contributed by atoms with Gasteiger partial charge in [0.05, 0.1) is 0 Å². The standard InChI is InChI=1S/C15H31N/c1-4-6-7-8-9-10-15(16-5-2)13(3)14-11-12-14/h13-16H,4-12H2,1-3H3. The molecule has 0 bridgehead atoms. The number of hydrogen-bond acceptors (Lipinski definition) is 1. The van der Waals surface area contributed by atoms with Crippen LogP contribution in [0.1, 0.15) is 72.1 Å². The highest BCUT2D eigenvalue weighted by atomic mass is 14.9. The van der Waals surface area contributed by atoms with Crippen molar-refractivity contribution in [1.82, 2.24) is 5.32 Å². The lowest BCUT2D eigenvalue weighted by atomic mass is 9.92. The summed E-state index contributed by atoms with van der Waals surface area (Å²) in [6.07, 6.45) is 11.4. The van der Waals surface area contributed by atoms with Crippen LogP contribution in [0.5, 0.6) is 0 Å². The largest absolute Gasteiger partial charge is 0.314 e. The fourth-order valence-electron chi connectivity index (χ4n) is 2.73. The molecule has 1 fully saturated rings. The van der Waals surface area contributed by atoms with Crippen LogP contribution in [-0.4, -0.2) is 12.6 Å². The first-order valence-corrected chi connectivity index (χ1v) is 7.53. The lowest BCUT2D eigenvalue weighted by molar-refractivity contribution is 0.320. The molecule has 0 aromatic rings. The molecule has 0 amide bonds. The number of rotatable bonds is 10. The van der Waals surface area contributed by atoms with Crippen molar-refractivity contribution in [2.24, 2.45) is 11.8 Å². The molecule has 2 unspecified atom stereocenters. The minimum absolute atomic E-state index is 0.791. The fourth-order valence-corrected chi connectivity index (χ4v) is 2.73. The molecule has 1 nitrogen and oxygen atoms in total. The van der Waals surface area contributed by atoms with Crippen LogP contribution < -0.4 is 5.32 Å². The van der Waals surface area contributed by atoms with E-state index < -0.39 is 0 Å². The molecule has 1 rings (SSSR count). The van der Waals surface area contributed by atoms with Gasteiger partial charge < -0.3 is 5.32 Å². The third-order valence-electron chi connectivity index (χ3n) is 4.09. The summed E-state index contributed by atoms with van der Waals surface area (Å²) < 4.78 is 0. The molecule has 1 aliphatic rings. The molecule has 1 saturated carbocycles. The first-order valence-electron chi connectivity index (χ1n) is 7.53. The molecule has 0 aromatic heterocycles. The molecule has 1 heteroatoms.